The number of ether oxygens (including phenoxy) is 4. The minimum atomic E-state index is -1.63. The van der Waals surface area contributed by atoms with Gasteiger partial charge in [-0.05, 0) is 64.2 Å². The zero-order valence-corrected chi connectivity index (χ0v) is 39.5. The van der Waals surface area contributed by atoms with E-state index in [1.807, 2.05) is 21.1 Å². The molecule has 9 heteroatoms. The number of allylic oxidation sites excluding steroid dienone is 12. The number of carboxylic acids is 1. The number of quaternary nitrogens is 1. The molecule has 0 N–H and O–H groups in total. The van der Waals surface area contributed by atoms with Crippen molar-refractivity contribution in [2.45, 2.75) is 193 Å². The Morgan fingerprint density at radius 1 is 0.508 bits per heavy atom. The van der Waals surface area contributed by atoms with Crippen molar-refractivity contribution in [1.82, 2.24) is 0 Å². The van der Waals surface area contributed by atoms with E-state index in [1.165, 1.54) is 64.2 Å². The molecule has 0 aromatic carbocycles. The van der Waals surface area contributed by atoms with Crippen molar-refractivity contribution in [2.24, 2.45) is 0 Å². The maximum atomic E-state index is 12.8. The lowest BCUT2D eigenvalue weighted by Crippen LogP contribution is -2.44. The van der Waals surface area contributed by atoms with Crippen molar-refractivity contribution in [2.75, 3.05) is 47.5 Å². The summed E-state index contributed by atoms with van der Waals surface area (Å²) < 4.78 is 22.5. The van der Waals surface area contributed by atoms with E-state index in [0.29, 0.717) is 17.4 Å². The van der Waals surface area contributed by atoms with Crippen molar-refractivity contribution >= 4 is 17.9 Å². The summed E-state index contributed by atoms with van der Waals surface area (Å²) in [6.07, 6.45) is 50.7. The summed E-state index contributed by atoms with van der Waals surface area (Å²) in [5.41, 5.74) is 0. The first kappa shape index (κ1) is 57.7. The number of esters is 2. The van der Waals surface area contributed by atoms with Crippen LogP contribution < -0.4 is 5.11 Å². The van der Waals surface area contributed by atoms with Crippen LogP contribution in [0.5, 0.6) is 0 Å². The van der Waals surface area contributed by atoms with E-state index in [1.54, 1.807) is 0 Å². The number of nitrogens with zero attached hydrogens (tertiary/aromatic N) is 1. The lowest BCUT2D eigenvalue weighted by Gasteiger charge is -2.26. The maximum absolute atomic E-state index is 12.8. The van der Waals surface area contributed by atoms with E-state index in [9.17, 15) is 19.5 Å². The Balaban J connectivity index is 4.44. The summed E-state index contributed by atoms with van der Waals surface area (Å²) in [6.45, 7) is 4.58. The van der Waals surface area contributed by atoms with Gasteiger partial charge in [0.15, 0.2) is 12.4 Å². The number of carbonyl (C=O) groups is 3. The van der Waals surface area contributed by atoms with E-state index in [4.69, 9.17) is 18.9 Å². The predicted octanol–water partition coefficient (Wildman–Crippen LogP) is 11.8. The summed E-state index contributed by atoms with van der Waals surface area (Å²) in [5, 5.41) is 11.7. The minimum Gasteiger partial charge on any atom is -0.545 e. The molecule has 350 valence electrons. The smallest absolute Gasteiger partial charge is 0.306 e. The van der Waals surface area contributed by atoms with Crippen LogP contribution in [0.15, 0.2) is 72.9 Å². The maximum Gasteiger partial charge on any atom is 0.306 e. The molecule has 0 aliphatic heterocycles. The van der Waals surface area contributed by atoms with E-state index >= 15 is 0 Å². The fourth-order valence-electron chi connectivity index (χ4n) is 6.24. The molecular formula is C52H89NO8. The van der Waals surface area contributed by atoms with Crippen LogP contribution in [0.3, 0.4) is 0 Å². The molecule has 0 saturated carbocycles. The molecule has 2 atom stereocenters. The number of rotatable bonds is 43. The van der Waals surface area contributed by atoms with Crippen LogP contribution in [-0.4, -0.2) is 82.3 Å². The van der Waals surface area contributed by atoms with Gasteiger partial charge in [-0.1, -0.05) is 177 Å². The number of unbranched alkanes of at least 4 members (excludes halogenated alkanes) is 16. The minimum absolute atomic E-state index is 0.140. The second-order valence-corrected chi connectivity index (χ2v) is 17.0. The van der Waals surface area contributed by atoms with Gasteiger partial charge in [0, 0.05) is 12.8 Å². The third kappa shape index (κ3) is 44.6. The summed E-state index contributed by atoms with van der Waals surface area (Å²) in [6, 6.07) is 0. The van der Waals surface area contributed by atoms with Crippen LogP contribution in [-0.2, 0) is 33.3 Å². The highest BCUT2D eigenvalue weighted by Crippen LogP contribution is 2.14. The Morgan fingerprint density at radius 2 is 0.934 bits per heavy atom. The number of likely N-dealkylation sites (N-methyl/N-ethyl adjacent to an activating group) is 1. The number of hydrogen-bond donors (Lipinski definition) is 0. The largest absolute Gasteiger partial charge is 0.545 e. The molecule has 0 amide bonds. The molecule has 0 spiro atoms. The Bertz CT molecular complexity index is 1230. The van der Waals surface area contributed by atoms with E-state index in [2.05, 4.69) is 86.8 Å². The van der Waals surface area contributed by atoms with Gasteiger partial charge in [0.2, 0.25) is 0 Å². The van der Waals surface area contributed by atoms with Crippen molar-refractivity contribution < 1.29 is 42.9 Å². The van der Waals surface area contributed by atoms with Gasteiger partial charge in [0.05, 0.1) is 40.3 Å². The van der Waals surface area contributed by atoms with E-state index in [-0.39, 0.29) is 38.6 Å². The molecule has 0 bridgehead atoms. The highest BCUT2D eigenvalue weighted by Gasteiger charge is 2.21. The number of carbonyl (C=O) groups excluding carboxylic acids is 3. The fraction of sp³-hybridized carbons (Fsp3) is 0.712. The number of hydrogen-bond acceptors (Lipinski definition) is 8. The molecule has 0 aromatic rings. The average Bonchev–Trinajstić information content (AvgIpc) is 3.22. The van der Waals surface area contributed by atoms with E-state index in [0.717, 1.165) is 83.5 Å². The highest BCUT2D eigenvalue weighted by molar-refractivity contribution is 5.70. The zero-order chi connectivity index (χ0) is 44.9. The van der Waals surface area contributed by atoms with Gasteiger partial charge in [-0.15, -0.1) is 0 Å². The van der Waals surface area contributed by atoms with Gasteiger partial charge >= 0.3 is 11.9 Å². The second-order valence-electron chi connectivity index (χ2n) is 17.0. The standard InChI is InChI=1S/C52H89NO8/c1-6-8-10-12-14-16-18-20-21-22-23-24-25-26-27-28-29-31-33-35-37-39-41-43-50(55)61-48(47-60-52(51(56)57)58-45-44-53(3,4)5)46-59-49(54)42-40-38-36-34-32-30-19-17-15-13-11-9-7-2/h8,10,14,16,20-21,23-24,26-27,29,31,48,52H,6-7,9,11-13,15,17-19,22,25,28,30,32-47H2,1-5H3/b10-8-,16-14-,21-20-,24-23-,27-26-,31-29-. The van der Waals surface area contributed by atoms with Crippen LogP contribution in [0, 0.1) is 0 Å². The number of aliphatic carboxylic acids is 1. The van der Waals surface area contributed by atoms with Gasteiger partial charge in [-0.25, -0.2) is 0 Å². The van der Waals surface area contributed by atoms with E-state index < -0.39 is 24.3 Å². The third-order valence-corrected chi connectivity index (χ3v) is 9.97. The summed E-state index contributed by atoms with van der Waals surface area (Å²) in [4.78, 5) is 37.0. The van der Waals surface area contributed by atoms with Crippen molar-refractivity contribution in [3.05, 3.63) is 72.9 Å². The predicted molar refractivity (Wildman–Crippen MR) is 251 cm³/mol. The van der Waals surface area contributed by atoms with Gasteiger partial charge in [-0.3, -0.25) is 9.59 Å². The Hall–Kier alpha value is -3.27. The van der Waals surface area contributed by atoms with Crippen LogP contribution in [0.2, 0.25) is 0 Å². The Labute approximate surface area is 373 Å². The van der Waals surface area contributed by atoms with Crippen LogP contribution in [0.25, 0.3) is 0 Å². The summed E-state index contributed by atoms with van der Waals surface area (Å²) in [7, 11) is 5.90. The molecule has 0 heterocycles. The summed E-state index contributed by atoms with van der Waals surface area (Å²) >= 11 is 0. The molecule has 0 saturated heterocycles. The quantitative estimate of drug-likeness (QED) is 0.0196. The Morgan fingerprint density at radius 3 is 1.39 bits per heavy atom. The molecule has 0 aliphatic carbocycles. The molecule has 9 nitrogen and oxygen atoms in total. The topological polar surface area (TPSA) is 111 Å². The molecule has 0 fully saturated rings. The van der Waals surface area contributed by atoms with Gasteiger partial charge in [0.25, 0.3) is 0 Å². The van der Waals surface area contributed by atoms with Crippen LogP contribution in [0.1, 0.15) is 181 Å². The first-order valence-electron chi connectivity index (χ1n) is 24.1. The SMILES string of the molecule is CC/C=C\C/C=C\C/C=C\C/C=C\C/C=C\C/C=C\CCCCCCC(=O)OC(COC(=O)CCCCCCCCCCCCCCC)COC(OCC[N+](C)(C)C)C(=O)[O-]. The van der Waals surface area contributed by atoms with Crippen LogP contribution in [0.4, 0.5) is 0 Å². The first-order chi connectivity index (χ1) is 29.6. The third-order valence-electron chi connectivity index (χ3n) is 9.97. The molecule has 61 heavy (non-hydrogen) atoms. The lowest BCUT2D eigenvalue weighted by atomic mass is 10.0. The van der Waals surface area contributed by atoms with Crippen LogP contribution >= 0.6 is 0 Å². The molecular weight excluding hydrogens is 767 g/mol. The first-order valence-corrected chi connectivity index (χ1v) is 24.1. The molecule has 2 unspecified atom stereocenters. The average molecular weight is 856 g/mol. The van der Waals surface area contributed by atoms with Crippen molar-refractivity contribution in [3.8, 4) is 0 Å². The molecule has 0 rings (SSSR count). The molecule has 0 aromatic heterocycles. The van der Waals surface area contributed by atoms with Crippen molar-refractivity contribution in [1.29, 1.82) is 0 Å². The normalized spacial score (nSPS) is 13.5. The van der Waals surface area contributed by atoms with Gasteiger partial charge in [-0.2, -0.15) is 0 Å². The lowest BCUT2D eigenvalue weighted by molar-refractivity contribution is -0.870. The molecule has 0 aliphatic rings. The Kier molecular flexibility index (Phi) is 41.1. The summed E-state index contributed by atoms with van der Waals surface area (Å²) in [5.74, 6) is -2.32. The highest BCUT2D eigenvalue weighted by atomic mass is 16.7. The monoisotopic (exact) mass is 856 g/mol. The number of carboxylic acid groups (broad SMARTS) is 1. The van der Waals surface area contributed by atoms with Gasteiger partial charge in [0.1, 0.15) is 13.2 Å². The van der Waals surface area contributed by atoms with Crippen molar-refractivity contribution in [3.63, 3.8) is 0 Å². The second kappa shape index (κ2) is 43.4. The zero-order valence-electron chi connectivity index (χ0n) is 39.5. The van der Waals surface area contributed by atoms with Gasteiger partial charge < -0.3 is 33.3 Å². The molecule has 0 radical (unpaired) electrons. The fourth-order valence-corrected chi connectivity index (χ4v) is 6.24.